The molecular formula is C9H11N5S. The second-order valence-corrected chi connectivity index (χ2v) is 4.29. The van der Waals surface area contributed by atoms with Crippen molar-refractivity contribution in [1.29, 1.82) is 0 Å². The van der Waals surface area contributed by atoms with Crippen LogP contribution < -0.4 is 5.14 Å². The van der Waals surface area contributed by atoms with Crippen molar-refractivity contribution in [2.75, 3.05) is 0 Å². The maximum Gasteiger partial charge on any atom is 0.200 e. The maximum absolute atomic E-state index is 5.83. The van der Waals surface area contributed by atoms with Gasteiger partial charge in [0.25, 0.3) is 0 Å². The van der Waals surface area contributed by atoms with Crippen LogP contribution in [0.25, 0.3) is 5.57 Å². The number of tetrazole rings is 1. The van der Waals surface area contributed by atoms with E-state index in [4.69, 9.17) is 5.14 Å². The van der Waals surface area contributed by atoms with Crippen LogP contribution >= 0.6 is 10.7 Å². The van der Waals surface area contributed by atoms with Gasteiger partial charge in [0.2, 0.25) is 5.82 Å². The summed E-state index contributed by atoms with van der Waals surface area (Å²) < 4.78 is 0. The lowest BCUT2D eigenvalue weighted by molar-refractivity contribution is 0.881. The van der Waals surface area contributed by atoms with Gasteiger partial charge in [-0.2, -0.15) is 5.21 Å². The Bertz CT molecular complexity index is 441. The monoisotopic (exact) mass is 221 g/mol. The quantitative estimate of drug-likeness (QED) is 0.693. The molecule has 78 valence electrons. The molecule has 0 aromatic carbocycles. The fraction of sp³-hybridized carbons (Fsp3) is 0.111. The molecule has 1 aliphatic rings. The number of nitrogens with one attached hydrogen (secondary N) is 1. The van der Waals surface area contributed by atoms with Crippen LogP contribution in [0.4, 0.5) is 0 Å². The standard InChI is InChI=1S/C9H11N5S/c10-15-6-3-1-2-4-8(5-7-15)9-11-13-14-12-9/h1-3,5-7H,4,10H2,(H,11,12,13,14)/b2-1-,6-3-,8-5+. The zero-order valence-corrected chi connectivity index (χ0v) is 8.81. The zero-order valence-electron chi connectivity index (χ0n) is 8.00. The highest BCUT2D eigenvalue weighted by Crippen LogP contribution is 2.15. The highest BCUT2D eigenvalue weighted by Gasteiger charge is 2.03. The third-order valence-corrected chi connectivity index (χ3v) is 2.80. The molecule has 0 saturated heterocycles. The molecule has 5 nitrogen and oxygen atoms in total. The van der Waals surface area contributed by atoms with E-state index in [0.29, 0.717) is 5.82 Å². The summed E-state index contributed by atoms with van der Waals surface area (Å²) in [6, 6.07) is 0. The molecule has 15 heavy (non-hydrogen) atoms. The minimum absolute atomic E-state index is 0.331. The molecule has 1 unspecified atom stereocenters. The van der Waals surface area contributed by atoms with E-state index in [-0.39, 0.29) is 10.7 Å². The zero-order chi connectivity index (χ0) is 10.5. The molecule has 1 atom stereocenters. The number of allylic oxidation sites excluding steroid dienone is 5. The van der Waals surface area contributed by atoms with Gasteiger partial charge in [0.05, 0.1) is 0 Å². The van der Waals surface area contributed by atoms with Crippen molar-refractivity contribution in [2.45, 2.75) is 6.42 Å². The molecule has 3 N–H and O–H groups in total. The van der Waals surface area contributed by atoms with E-state index in [1.165, 1.54) is 0 Å². The van der Waals surface area contributed by atoms with Crippen molar-refractivity contribution in [1.82, 2.24) is 20.6 Å². The molecule has 0 bridgehead atoms. The van der Waals surface area contributed by atoms with Crippen LogP contribution in [0.5, 0.6) is 0 Å². The molecule has 2 heterocycles. The molecule has 6 heteroatoms. The predicted molar refractivity (Wildman–Crippen MR) is 62.9 cm³/mol. The summed E-state index contributed by atoms with van der Waals surface area (Å²) >= 11 is 0. The van der Waals surface area contributed by atoms with Gasteiger partial charge in [0.1, 0.15) is 0 Å². The second kappa shape index (κ2) is 4.81. The lowest BCUT2D eigenvalue weighted by Gasteiger charge is -1.95. The summed E-state index contributed by atoms with van der Waals surface area (Å²) in [5, 5.41) is 23.6. The van der Waals surface area contributed by atoms with E-state index in [1.54, 1.807) is 0 Å². The van der Waals surface area contributed by atoms with Crippen molar-refractivity contribution in [2.24, 2.45) is 5.14 Å². The molecule has 0 spiro atoms. The molecule has 2 rings (SSSR count). The highest BCUT2D eigenvalue weighted by atomic mass is 32.2. The van der Waals surface area contributed by atoms with Crippen molar-refractivity contribution in [3.8, 4) is 0 Å². The summed E-state index contributed by atoms with van der Waals surface area (Å²) in [5.41, 5.74) is 1.01. The largest absolute Gasteiger partial charge is 0.280 e. The number of hydrogen-bond acceptors (Lipinski definition) is 4. The fourth-order valence-electron chi connectivity index (χ4n) is 1.15. The Balaban J connectivity index is 2.32. The third-order valence-electron chi connectivity index (χ3n) is 1.88. The molecule has 1 aliphatic heterocycles. The van der Waals surface area contributed by atoms with Crippen molar-refractivity contribution >= 4 is 21.6 Å². The Labute approximate surface area is 89.8 Å². The van der Waals surface area contributed by atoms with Gasteiger partial charge in [-0.05, 0) is 28.5 Å². The molecule has 0 fully saturated rings. The smallest absolute Gasteiger partial charge is 0.200 e. The van der Waals surface area contributed by atoms with E-state index in [0.717, 1.165) is 12.0 Å². The maximum atomic E-state index is 5.83. The summed E-state index contributed by atoms with van der Waals surface area (Å²) in [6.07, 6.45) is 8.69. The van der Waals surface area contributed by atoms with Crippen LogP contribution in [-0.2, 0) is 0 Å². The van der Waals surface area contributed by atoms with Crippen LogP contribution in [0.2, 0.25) is 0 Å². The van der Waals surface area contributed by atoms with Gasteiger partial charge in [-0.15, -0.1) is 10.2 Å². The Kier molecular flexibility index (Phi) is 3.21. The van der Waals surface area contributed by atoms with Gasteiger partial charge >= 0.3 is 0 Å². The van der Waals surface area contributed by atoms with Crippen molar-refractivity contribution < 1.29 is 0 Å². The lowest BCUT2D eigenvalue weighted by Crippen LogP contribution is -1.89. The summed E-state index contributed by atoms with van der Waals surface area (Å²) in [7, 11) is -0.331. The number of aromatic nitrogens is 4. The average molecular weight is 221 g/mol. The first-order chi connectivity index (χ1) is 7.36. The van der Waals surface area contributed by atoms with E-state index in [9.17, 15) is 0 Å². The van der Waals surface area contributed by atoms with Crippen molar-refractivity contribution in [3.05, 3.63) is 35.5 Å². The minimum Gasteiger partial charge on any atom is -0.280 e. The van der Waals surface area contributed by atoms with Gasteiger partial charge in [0, 0.05) is 5.57 Å². The molecule has 0 amide bonds. The summed E-state index contributed by atoms with van der Waals surface area (Å²) in [5.74, 6) is 0.620. The Morgan fingerprint density at radius 3 is 3.13 bits per heavy atom. The average Bonchev–Trinajstić information content (AvgIpc) is 2.75. The number of aromatic amines is 1. The summed E-state index contributed by atoms with van der Waals surface area (Å²) in [4.78, 5) is 0. The van der Waals surface area contributed by atoms with Gasteiger partial charge in [-0.25, -0.2) is 0 Å². The third kappa shape index (κ3) is 2.71. The molecule has 1 aromatic heterocycles. The van der Waals surface area contributed by atoms with E-state index < -0.39 is 0 Å². The van der Waals surface area contributed by atoms with E-state index in [1.807, 2.05) is 35.1 Å². The van der Waals surface area contributed by atoms with Crippen LogP contribution in [0.15, 0.2) is 29.7 Å². The Morgan fingerprint density at radius 1 is 1.40 bits per heavy atom. The van der Waals surface area contributed by atoms with Gasteiger partial charge in [0.15, 0.2) is 0 Å². The first-order valence-corrected chi connectivity index (χ1v) is 5.85. The SMILES string of the molecule is NS1=C/C=C(/c2nn[nH]n2)C\C=C/C=C\1. The molecule has 1 aromatic rings. The second-order valence-electron chi connectivity index (χ2n) is 2.93. The fourth-order valence-corrected chi connectivity index (χ4v) is 1.83. The predicted octanol–water partition coefficient (Wildman–Crippen LogP) is 1.00. The molecular weight excluding hydrogens is 210 g/mol. The number of nitrogens with two attached hydrogens (primary N) is 1. The van der Waals surface area contributed by atoms with Gasteiger partial charge < -0.3 is 0 Å². The number of hydrogen-bond donors (Lipinski definition) is 2. The van der Waals surface area contributed by atoms with E-state index >= 15 is 0 Å². The first-order valence-electron chi connectivity index (χ1n) is 4.44. The van der Waals surface area contributed by atoms with Crippen LogP contribution in [0, 0.1) is 0 Å². The highest BCUT2D eigenvalue weighted by molar-refractivity contribution is 8.15. The number of rotatable bonds is 1. The van der Waals surface area contributed by atoms with Gasteiger partial charge in [-0.1, -0.05) is 28.9 Å². The first kappa shape index (κ1) is 10.0. The topological polar surface area (TPSA) is 80.5 Å². The van der Waals surface area contributed by atoms with E-state index in [2.05, 4.69) is 20.6 Å². The molecule has 0 radical (unpaired) electrons. The van der Waals surface area contributed by atoms with Crippen LogP contribution in [-0.4, -0.2) is 26.0 Å². The Hall–Kier alpha value is -1.53. The van der Waals surface area contributed by atoms with Crippen molar-refractivity contribution in [3.63, 3.8) is 0 Å². The molecule has 0 saturated carbocycles. The lowest BCUT2D eigenvalue weighted by atomic mass is 10.1. The molecule has 0 aliphatic carbocycles. The minimum atomic E-state index is -0.331. The number of nitrogens with zero attached hydrogens (tertiary/aromatic N) is 3. The summed E-state index contributed by atoms with van der Waals surface area (Å²) in [6.45, 7) is 0. The van der Waals surface area contributed by atoms with Gasteiger partial charge in [-0.3, -0.25) is 5.14 Å². The normalized spacial score (nSPS) is 29.9. The Morgan fingerprint density at radius 2 is 2.33 bits per heavy atom. The van der Waals surface area contributed by atoms with Crippen LogP contribution in [0.1, 0.15) is 12.2 Å². The number of H-pyrrole nitrogens is 1. The van der Waals surface area contributed by atoms with Crippen LogP contribution in [0.3, 0.4) is 0 Å².